The lowest BCUT2D eigenvalue weighted by molar-refractivity contribution is 0.0729. The van der Waals surface area contributed by atoms with Gasteiger partial charge in [0, 0.05) is 115 Å². The van der Waals surface area contributed by atoms with Crippen LogP contribution in [0.15, 0.2) is 91.3 Å². The minimum Gasteiger partial charge on any atom is -0.497 e. The van der Waals surface area contributed by atoms with Crippen molar-refractivity contribution >= 4 is 27.9 Å². The number of fused-ring (bicyclic) bond motifs is 2. The summed E-state index contributed by atoms with van der Waals surface area (Å²) in [6.07, 6.45) is 1.95. The Morgan fingerprint density at radius 3 is 1.66 bits per heavy atom. The van der Waals surface area contributed by atoms with Crippen molar-refractivity contribution in [3.05, 3.63) is 108 Å². The second kappa shape index (κ2) is 21.7. The van der Waals surface area contributed by atoms with Gasteiger partial charge >= 0.3 is 6.09 Å². The van der Waals surface area contributed by atoms with E-state index in [2.05, 4.69) is 34.9 Å². The zero-order valence-electron chi connectivity index (χ0n) is 33.7. The van der Waals surface area contributed by atoms with Gasteiger partial charge in [0.1, 0.15) is 18.1 Å². The molecule has 0 spiro atoms. The monoisotopic (exact) mass is 794 g/mol. The van der Waals surface area contributed by atoms with E-state index in [-0.39, 0.29) is 6.61 Å². The first kappa shape index (κ1) is 42.7. The van der Waals surface area contributed by atoms with E-state index in [1.54, 1.807) is 26.6 Å². The summed E-state index contributed by atoms with van der Waals surface area (Å²) in [7, 11) is 3.28. The molecule has 2 aliphatic rings. The number of carbonyl (C=O) groups excluding carboxylic acids is 1. The Hall–Kier alpha value is -4.93. The third kappa shape index (κ3) is 12.1. The Balaban J connectivity index is 0.000000208. The van der Waals surface area contributed by atoms with Crippen LogP contribution in [0.4, 0.5) is 4.79 Å². The van der Waals surface area contributed by atoms with Gasteiger partial charge in [-0.25, -0.2) is 4.79 Å². The number of alkyl carbamates (subject to hydrolysis) is 1. The predicted molar refractivity (Wildman–Crippen MR) is 226 cm³/mol. The summed E-state index contributed by atoms with van der Waals surface area (Å²) in [5.41, 5.74) is 10.1. The van der Waals surface area contributed by atoms with Gasteiger partial charge in [-0.3, -0.25) is 29.6 Å². The summed E-state index contributed by atoms with van der Waals surface area (Å²) in [5.74, 6) is 1.53. The number of ether oxygens (including phenoxy) is 3. The molecule has 0 saturated carbocycles. The number of carbonyl (C=O) groups is 1. The highest BCUT2D eigenvalue weighted by Crippen LogP contribution is 2.29. The molecule has 7 rings (SSSR count). The van der Waals surface area contributed by atoms with Crippen LogP contribution in [0.2, 0.25) is 0 Å². The highest BCUT2D eigenvalue weighted by atomic mass is 16.5. The van der Waals surface area contributed by atoms with E-state index in [0.29, 0.717) is 26.2 Å². The third-order valence-corrected chi connectivity index (χ3v) is 10.8. The zero-order valence-corrected chi connectivity index (χ0v) is 33.7. The molecule has 0 radical (unpaired) electrons. The van der Waals surface area contributed by atoms with E-state index >= 15 is 0 Å². The van der Waals surface area contributed by atoms with Crippen LogP contribution in [0.1, 0.15) is 28.9 Å². The van der Waals surface area contributed by atoms with Crippen LogP contribution >= 0.6 is 0 Å². The number of aliphatic hydroxyl groups is 2. The standard InChI is InChI=1S/C26H32N4O4.C18H26N4O2/c1-33-21-7-8-24-23(17-21)22(9-10-27-24)25(31)18-30-15-13-29(14-16-30)12-11-28-26(32)34-19-20-5-3-2-4-6-20;1-24-14-2-3-17-16(12-14)15(4-6-20-17)18(23)13-22-10-8-21(7-5-19)9-11-22/h2-10,17,25,31H,11-16,18-19H2,1H3,(H,28,32);2-4,6,12,18,23H,5,7-11,13,19H2,1H3/t25-;18-/m00/s1. The van der Waals surface area contributed by atoms with Crippen LogP contribution < -0.4 is 20.5 Å². The van der Waals surface area contributed by atoms with Gasteiger partial charge in [0.25, 0.3) is 0 Å². The molecule has 1 amide bonds. The summed E-state index contributed by atoms with van der Waals surface area (Å²) in [4.78, 5) is 29.9. The Kier molecular flexibility index (Phi) is 16.0. The normalized spacial score (nSPS) is 16.6. The number of nitrogens with two attached hydrogens (primary N) is 1. The molecule has 0 bridgehead atoms. The summed E-state index contributed by atoms with van der Waals surface area (Å²) in [6, 6.07) is 24.9. The Labute approximate surface area is 341 Å². The number of piperazine rings is 2. The first-order chi connectivity index (χ1) is 28.3. The first-order valence-corrected chi connectivity index (χ1v) is 20.1. The molecule has 58 heavy (non-hydrogen) atoms. The zero-order chi connectivity index (χ0) is 40.7. The number of hydrogen-bond acceptors (Lipinski definition) is 13. The van der Waals surface area contributed by atoms with Gasteiger partial charge in [-0.05, 0) is 65.2 Å². The van der Waals surface area contributed by atoms with E-state index in [1.807, 2.05) is 78.9 Å². The number of methoxy groups -OCH3 is 2. The van der Waals surface area contributed by atoms with Crippen LogP contribution in [0.5, 0.6) is 11.5 Å². The minimum absolute atomic E-state index is 0.271. The molecule has 4 heterocycles. The van der Waals surface area contributed by atoms with Crippen LogP contribution in [-0.4, -0.2) is 152 Å². The molecular formula is C44H58N8O6. The van der Waals surface area contributed by atoms with Gasteiger partial charge in [-0.1, -0.05) is 30.3 Å². The highest BCUT2D eigenvalue weighted by Gasteiger charge is 2.23. The van der Waals surface area contributed by atoms with Crippen molar-refractivity contribution in [2.45, 2.75) is 18.8 Å². The summed E-state index contributed by atoms with van der Waals surface area (Å²) < 4.78 is 15.9. The Bertz CT molecular complexity index is 2020. The molecule has 5 aromatic rings. The average Bonchev–Trinajstić information content (AvgIpc) is 3.26. The van der Waals surface area contributed by atoms with Crippen LogP contribution in [0, 0.1) is 0 Å². The molecule has 14 nitrogen and oxygen atoms in total. The second-order valence-electron chi connectivity index (χ2n) is 14.7. The number of amides is 1. The quantitative estimate of drug-likeness (QED) is 0.122. The first-order valence-electron chi connectivity index (χ1n) is 20.1. The number of aliphatic hydroxyl groups excluding tert-OH is 2. The van der Waals surface area contributed by atoms with Gasteiger partial charge in [0.15, 0.2) is 0 Å². The number of nitrogens with one attached hydrogen (secondary N) is 1. The fourth-order valence-electron chi connectivity index (χ4n) is 7.48. The number of aromatic nitrogens is 2. The SMILES string of the molecule is COc1ccc2nccc([C@@H](O)CN3CCN(CCN)CC3)c2c1.COc1ccc2nccc([C@@H](O)CN3CCN(CCNC(=O)OCc4ccccc4)CC3)c2c1. The number of hydrogen-bond donors (Lipinski definition) is 4. The molecule has 2 aromatic heterocycles. The van der Waals surface area contributed by atoms with Crippen molar-refractivity contribution in [1.82, 2.24) is 34.9 Å². The number of benzene rings is 3. The Morgan fingerprint density at radius 1 is 0.690 bits per heavy atom. The molecule has 2 saturated heterocycles. The molecule has 2 aliphatic heterocycles. The summed E-state index contributed by atoms with van der Waals surface area (Å²) >= 11 is 0. The number of nitrogens with zero attached hydrogens (tertiary/aromatic N) is 6. The van der Waals surface area contributed by atoms with Gasteiger partial charge in [-0.15, -0.1) is 0 Å². The van der Waals surface area contributed by atoms with Crippen molar-refractivity contribution in [3.8, 4) is 11.5 Å². The van der Waals surface area contributed by atoms with Crippen molar-refractivity contribution in [2.24, 2.45) is 5.73 Å². The van der Waals surface area contributed by atoms with E-state index < -0.39 is 18.3 Å². The van der Waals surface area contributed by atoms with Gasteiger partial charge < -0.3 is 35.5 Å². The van der Waals surface area contributed by atoms with Crippen molar-refractivity contribution in [3.63, 3.8) is 0 Å². The second-order valence-corrected chi connectivity index (χ2v) is 14.7. The van der Waals surface area contributed by atoms with Crippen LogP contribution in [0.3, 0.4) is 0 Å². The molecule has 5 N–H and O–H groups in total. The van der Waals surface area contributed by atoms with E-state index in [4.69, 9.17) is 19.9 Å². The molecule has 3 aromatic carbocycles. The molecule has 14 heteroatoms. The Morgan fingerprint density at radius 2 is 1.17 bits per heavy atom. The van der Waals surface area contributed by atoms with Crippen LogP contribution in [-0.2, 0) is 11.3 Å². The molecule has 2 fully saturated rings. The fraction of sp³-hybridized carbons (Fsp3) is 0.432. The van der Waals surface area contributed by atoms with Gasteiger partial charge in [0.05, 0.1) is 37.5 Å². The molecule has 310 valence electrons. The third-order valence-electron chi connectivity index (χ3n) is 10.8. The lowest BCUT2D eigenvalue weighted by Crippen LogP contribution is -2.49. The van der Waals surface area contributed by atoms with Gasteiger partial charge in [-0.2, -0.15) is 0 Å². The maximum Gasteiger partial charge on any atom is 0.407 e. The van der Waals surface area contributed by atoms with Crippen molar-refractivity contribution < 1.29 is 29.2 Å². The highest BCUT2D eigenvalue weighted by molar-refractivity contribution is 5.84. The van der Waals surface area contributed by atoms with Crippen molar-refractivity contribution in [1.29, 1.82) is 0 Å². The predicted octanol–water partition coefficient (Wildman–Crippen LogP) is 3.67. The van der Waals surface area contributed by atoms with Crippen LogP contribution in [0.25, 0.3) is 21.8 Å². The minimum atomic E-state index is -0.606. The van der Waals surface area contributed by atoms with Gasteiger partial charge in [0.2, 0.25) is 0 Å². The maximum absolute atomic E-state index is 11.9. The maximum atomic E-state index is 11.9. The lowest BCUT2D eigenvalue weighted by Gasteiger charge is -2.35. The van der Waals surface area contributed by atoms with Crippen molar-refractivity contribution in [2.75, 3.05) is 106 Å². The smallest absolute Gasteiger partial charge is 0.407 e. The van der Waals surface area contributed by atoms with E-state index in [0.717, 1.165) is 115 Å². The molecule has 2 atom stereocenters. The molecular weight excluding hydrogens is 737 g/mol. The summed E-state index contributed by atoms with van der Waals surface area (Å²) in [6.45, 7) is 11.9. The van der Waals surface area contributed by atoms with E-state index in [9.17, 15) is 15.0 Å². The average molecular weight is 795 g/mol. The topological polar surface area (TPSA) is 162 Å². The summed E-state index contributed by atoms with van der Waals surface area (Å²) in [5, 5.41) is 26.4. The fourth-order valence-corrected chi connectivity index (χ4v) is 7.48. The molecule has 0 aliphatic carbocycles. The number of rotatable bonds is 15. The largest absolute Gasteiger partial charge is 0.497 e. The van der Waals surface area contributed by atoms with E-state index in [1.165, 1.54) is 0 Å². The molecule has 0 unspecified atom stereocenters. The number of β-amino-alcohol motifs (C(OH)–C–C–N with tert-alkyl or cyclic N) is 2. The lowest BCUT2D eigenvalue weighted by atomic mass is 10.0. The number of pyridine rings is 2.